The van der Waals surface area contributed by atoms with Crippen LogP contribution in [0.3, 0.4) is 0 Å². The van der Waals surface area contributed by atoms with E-state index in [2.05, 4.69) is 15.6 Å². The quantitative estimate of drug-likeness (QED) is 0.555. The minimum atomic E-state index is 0.0330. The number of hydrogen-bond acceptors (Lipinski definition) is 3. The van der Waals surface area contributed by atoms with E-state index in [1.165, 1.54) is 0 Å². The number of methoxy groups -OCH3 is 1. The summed E-state index contributed by atoms with van der Waals surface area (Å²) in [5, 5.41) is 6.30. The Bertz CT molecular complexity index is 747. The second kappa shape index (κ2) is 10.9. The number of carbonyl (C=O) groups is 1. The Balaban J connectivity index is 1.83. The second-order valence-electron chi connectivity index (χ2n) is 6.02. The maximum atomic E-state index is 12.5. The molecule has 0 saturated carbocycles. The smallest absolute Gasteiger partial charge is 0.242 e. The molecule has 1 amide bonds. The van der Waals surface area contributed by atoms with Crippen LogP contribution in [-0.2, 0) is 17.9 Å². The lowest BCUT2D eigenvalue weighted by Gasteiger charge is -2.22. The molecule has 0 radical (unpaired) electrons. The van der Waals surface area contributed by atoms with E-state index < -0.39 is 0 Å². The van der Waals surface area contributed by atoms with Crippen LogP contribution in [0.4, 0.5) is 0 Å². The van der Waals surface area contributed by atoms with Crippen molar-refractivity contribution < 1.29 is 9.53 Å². The van der Waals surface area contributed by atoms with Gasteiger partial charge in [0.2, 0.25) is 5.91 Å². The van der Waals surface area contributed by atoms with Gasteiger partial charge in [0.05, 0.1) is 13.7 Å². The van der Waals surface area contributed by atoms with E-state index in [1.54, 1.807) is 14.2 Å². The number of nitrogens with one attached hydrogen (secondary N) is 2. The first kappa shape index (κ1) is 20.3. The highest BCUT2D eigenvalue weighted by molar-refractivity contribution is 5.86. The number of rotatable bonds is 8. The number of hydrogen-bond donors (Lipinski definition) is 2. The lowest BCUT2D eigenvalue weighted by molar-refractivity contribution is -0.130. The van der Waals surface area contributed by atoms with Gasteiger partial charge in [-0.15, -0.1) is 0 Å². The van der Waals surface area contributed by atoms with Crippen LogP contribution < -0.4 is 15.4 Å². The average Bonchev–Trinajstić information content (AvgIpc) is 2.72. The van der Waals surface area contributed by atoms with E-state index in [9.17, 15) is 4.79 Å². The molecule has 2 aromatic rings. The third kappa shape index (κ3) is 6.66. The summed E-state index contributed by atoms with van der Waals surface area (Å²) in [6, 6.07) is 17.8. The zero-order valence-electron chi connectivity index (χ0n) is 16.2. The maximum Gasteiger partial charge on any atom is 0.242 e. The van der Waals surface area contributed by atoms with Crippen molar-refractivity contribution in [3.8, 4) is 5.75 Å². The summed E-state index contributed by atoms with van der Waals surface area (Å²) in [7, 11) is 3.33. The van der Waals surface area contributed by atoms with Gasteiger partial charge >= 0.3 is 0 Å². The van der Waals surface area contributed by atoms with Crippen molar-refractivity contribution in [3.05, 3.63) is 65.7 Å². The zero-order valence-corrected chi connectivity index (χ0v) is 16.2. The van der Waals surface area contributed by atoms with Gasteiger partial charge in [-0.3, -0.25) is 9.79 Å². The fourth-order valence-corrected chi connectivity index (χ4v) is 2.64. The Labute approximate surface area is 161 Å². The third-order valence-corrected chi connectivity index (χ3v) is 4.18. The van der Waals surface area contributed by atoms with Gasteiger partial charge in [-0.2, -0.15) is 0 Å². The van der Waals surface area contributed by atoms with Crippen LogP contribution >= 0.6 is 0 Å². The molecule has 2 rings (SSSR count). The fourth-order valence-electron chi connectivity index (χ4n) is 2.64. The highest BCUT2D eigenvalue weighted by Gasteiger charge is 2.12. The molecule has 0 spiro atoms. The van der Waals surface area contributed by atoms with Crippen molar-refractivity contribution in [3.63, 3.8) is 0 Å². The number of nitrogens with zero attached hydrogens (tertiary/aromatic N) is 2. The lowest BCUT2D eigenvalue weighted by Crippen LogP contribution is -2.44. The van der Waals surface area contributed by atoms with Gasteiger partial charge in [0.1, 0.15) is 5.75 Å². The molecular formula is C21H28N4O2. The Hall–Kier alpha value is -3.02. The van der Waals surface area contributed by atoms with E-state index in [0.717, 1.165) is 16.9 Å². The molecule has 0 aliphatic rings. The van der Waals surface area contributed by atoms with Gasteiger partial charge in [0, 0.05) is 26.7 Å². The second-order valence-corrected chi connectivity index (χ2v) is 6.02. The third-order valence-electron chi connectivity index (χ3n) is 4.18. The molecule has 0 aliphatic heterocycles. The molecule has 0 aromatic heterocycles. The molecular weight excluding hydrogens is 340 g/mol. The normalized spacial score (nSPS) is 11.0. The minimum Gasteiger partial charge on any atom is -0.497 e. The number of carbonyl (C=O) groups excluding carboxylic acids is 1. The Morgan fingerprint density at radius 2 is 1.81 bits per heavy atom. The fraction of sp³-hybridized carbons (Fsp3) is 0.333. The van der Waals surface area contributed by atoms with E-state index in [1.807, 2.05) is 66.4 Å². The van der Waals surface area contributed by atoms with Gasteiger partial charge in [-0.1, -0.05) is 42.5 Å². The Morgan fingerprint density at radius 3 is 2.48 bits per heavy atom. The number of aliphatic imine (C=N–C) groups is 1. The molecule has 0 bridgehead atoms. The summed E-state index contributed by atoms with van der Waals surface area (Å²) in [4.78, 5) is 18.5. The van der Waals surface area contributed by atoms with Gasteiger partial charge in [0.15, 0.2) is 5.96 Å². The number of amides is 1. The summed E-state index contributed by atoms with van der Waals surface area (Å²) in [6.45, 7) is 4.03. The largest absolute Gasteiger partial charge is 0.497 e. The Kier molecular flexibility index (Phi) is 8.16. The molecule has 0 aliphatic carbocycles. The highest BCUT2D eigenvalue weighted by Crippen LogP contribution is 2.12. The van der Waals surface area contributed by atoms with E-state index in [4.69, 9.17) is 4.74 Å². The van der Waals surface area contributed by atoms with Crippen LogP contribution in [0.5, 0.6) is 5.75 Å². The summed E-state index contributed by atoms with van der Waals surface area (Å²) in [5.74, 6) is 1.43. The molecule has 2 aromatic carbocycles. The molecule has 0 saturated heterocycles. The number of likely N-dealkylation sites (N-methyl/N-ethyl adjacent to an activating group) is 1. The molecule has 2 N–H and O–H groups in total. The molecule has 6 nitrogen and oxygen atoms in total. The van der Waals surface area contributed by atoms with E-state index in [-0.39, 0.29) is 12.5 Å². The summed E-state index contributed by atoms with van der Waals surface area (Å²) in [5.41, 5.74) is 2.19. The first-order chi connectivity index (χ1) is 13.2. The van der Waals surface area contributed by atoms with Gasteiger partial charge in [0.25, 0.3) is 0 Å². The lowest BCUT2D eigenvalue weighted by atomic mass is 10.2. The monoisotopic (exact) mass is 368 g/mol. The molecule has 144 valence electrons. The highest BCUT2D eigenvalue weighted by atomic mass is 16.5. The summed E-state index contributed by atoms with van der Waals surface area (Å²) < 4.78 is 5.23. The molecule has 0 unspecified atom stereocenters. The first-order valence-electron chi connectivity index (χ1n) is 9.05. The van der Waals surface area contributed by atoms with Crippen molar-refractivity contribution in [2.24, 2.45) is 4.99 Å². The first-order valence-corrected chi connectivity index (χ1v) is 9.05. The molecule has 0 heterocycles. The van der Waals surface area contributed by atoms with Crippen LogP contribution in [0, 0.1) is 0 Å². The minimum absolute atomic E-state index is 0.0330. The average molecular weight is 368 g/mol. The van der Waals surface area contributed by atoms with Crippen LogP contribution in [0.25, 0.3) is 0 Å². The van der Waals surface area contributed by atoms with Crippen LogP contribution in [0.1, 0.15) is 18.1 Å². The predicted octanol–water partition coefficient (Wildman–Crippen LogP) is 2.41. The van der Waals surface area contributed by atoms with Gasteiger partial charge < -0.3 is 20.3 Å². The SMILES string of the molecule is CCN(Cc1ccccc1)C(=O)CNC(=NC)NCc1cccc(OC)c1. The van der Waals surface area contributed by atoms with Crippen molar-refractivity contribution in [2.45, 2.75) is 20.0 Å². The van der Waals surface area contributed by atoms with Crippen LogP contribution in [-0.4, -0.2) is 44.0 Å². The van der Waals surface area contributed by atoms with Crippen molar-refractivity contribution in [1.82, 2.24) is 15.5 Å². The molecule has 27 heavy (non-hydrogen) atoms. The van der Waals surface area contributed by atoms with Crippen LogP contribution in [0.15, 0.2) is 59.6 Å². The zero-order chi connectivity index (χ0) is 19.5. The number of ether oxygens (including phenoxy) is 1. The number of guanidine groups is 1. The van der Waals surface area contributed by atoms with Gasteiger partial charge in [-0.05, 0) is 30.2 Å². The van der Waals surface area contributed by atoms with Crippen molar-refractivity contribution >= 4 is 11.9 Å². The number of benzene rings is 2. The van der Waals surface area contributed by atoms with E-state index in [0.29, 0.717) is 25.6 Å². The maximum absolute atomic E-state index is 12.5. The molecule has 6 heteroatoms. The topological polar surface area (TPSA) is 66.0 Å². The summed E-state index contributed by atoms with van der Waals surface area (Å²) in [6.07, 6.45) is 0. The van der Waals surface area contributed by atoms with Crippen LogP contribution in [0.2, 0.25) is 0 Å². The van der Waals surface area contributed by atoms with Crippen molar-refractivity contribution in [1.29, 1.82) is 0 Å². The van der Waals surface area contributed by atoms with E-state index >= 15 is 0 Å². The van der Waals surface area contributed by atoms with Gasteiger partial charge in [-0.25, -0.2) is 0 Å². The standard InChI is InChI=1S/C21H28N4O2/c1-4-25(16-17-9-6-5-7-10-17)20(26)15-24-21(22-2)23-14-18-11-8-12-19(13-18)27-3/h5-13H,4,14-16H2,1-3H3,(H2,22,23,24). The predicted molar refractivity (Wildman–Crippen MR) is 109 cm³/mol. The molecule has 0 fully saturated rings. The van der Waals surface area contributed by atoms with Crippen molar-refractivity contribution in [2.75, 3.05) is 27.2 Å². The molecule has 0 atom stereocenters. The Morgan fingerprint density at radius 1 is 1.07 bits per heavy atom. The summed E-state index contributed by atoms with van der Waals surface area (Å²) >= 11 is 0.